The molecule has 3 rings (SSSR count). The molecule has 3 aromatic rings. The number of para-hydroxylation sites is 1. The Kier molecular flexibility index (Phi) is 3.24. The second kappa shape index (κ2) is 5.06. The molecule has 0 atom stereocenters. The monoisotopic (exact) mass is 327 g/mol. The van der Waals surface area contributed by atoms with Gasteiger partial charge in [0.2, 0.25) is 0 Å². The third-order valence-corrected chi connectivity index (χ3v) is 3.93. The average Bonchev–Trinajstić information content (AvgIpc) is 2.47. The van der Waals surface area contributed by atoms with Crippen molar-refractivity contribution in [1.82, 2.24) is 0 Å². The number of nitro benzene ring substituents is 1. The second-order valence-electron chi connectivity index (χ2n) is 4.45. The zero-order chi connectivity index (χ0) is 14.1. The fourth-order valence-electron chi connectivity index (χ4n) is 2.28. The molecule has 0 saturated carbocycles. The molecule has 0 radical (unpaired) electrons. The zero-order valence-corrected chi connectivity index (χ0v) is 12.0. The van der Waals surface area contributed by atoms with Crippen LogP contribution in [0.4, 0.5) is 5.69 Å². The van der Waals surface area contributed by atoms with Crippen molar-refractivity contribution in [2.24, 2.45) is 0 Å². The maximum Gasteiger partial charge on any atom is 0.277 e. The third-order valence-electron chi connectivity index (χ3n) is 3.24. The van der Waals surface area contributed by atoms with E-state index in [9.17, 15) is 10.1 Å². The fraction of sp³-hybridized carbons (Fsp3) is 0. The first kappa shape index (κ1) is 12.8. The van der Waals surface area contributed by atoms with Crippen molar-refractivity contribution in [3.05, 3.63) is 75.3 Å². The maximum absolute atomic E-state index is 11.1. The fourth-order valence-corrected chi connectivity index (χ4v) is 2.77. The molecule has 3 aromatic carbocycles. The van der Waals surface area contributed by atoms with Crippen LogP contribution in [0, 0.1) is 10.1 Å². The van der Waals surface area contributed by atoms with Gasteiger partial charge in [-0.15, -0.1) is 0 Å². The first-order chi connectivity index (χ1) is 9.66. The number of benzene rings is 3. The van der Waals surface area contributed by atoms with Crippen LogP contribution in [0.3, 0.4) is 0 Å². The quantitative estimate of drug-likeness (QED) is 0.481. The molecular formula is C16H10BrNO2. The molecule has 0 unspecified atom stereocenters. The molecule has 0 amide bonds. The maximum atomic E-state index is 11.1. The summed E-state index contributed by atoms with van der Waals surface area (Å²) in [5.74, 6) is 0. The molecule has 4 heteroatoms. The summed E-state index contributed by atoms with van der Waals surface area (Å²) < 4.78 is 0.982. The van der Waals surface area contributed by atoms with Crippen LogP contribution >= 0.6 is 15.9 Å². The molecule has 3 nitrogen and oxygen atoms in total. The molecule has 0 aromatic heterocycles. The molecule has 0 heterocycles. The smallest absolute Gasteiger partial charge is 0.258 e. The standard InChI is InChI=1S/C16H10BrNO2/c17-15-6-3-4-11-8-9-12(10-14(11)15)13-5-1-2-7-16(13)18(19)20/h1-10H. The van der Waals surface area contributed by atoms with Crippen molar-refractivity contribution in [2.45, 2.75) is 0 Å². The van der Waals surface area contributed by atoms with E-state index in [2.05, 4.69) is 15.9 Å². The highest BCUT2D eigenvalue weighted by atomic mass is 79.9. The van der Waals surface area contributed by atoms with E-state index in [1.807, 2.05) is 42.5 Å². The van der Waals surface area contributed by atoms with Crippen molar-refractivity contribution < 1.29 is 4.92 Å². The Labute approximate surface area is 124 Å². The van der Waals surface area contributed by atoms with Gasteiger partial charge in [-0.25, -0.2) is 0 Å². The van der Waals surface area contributed by atoms with Gasteiger partial charge in [0.15, 0.2) is 0 Å². The molecule has 0 spiro atoms. The Balaban J connectivity index is 2.25. The van der Waals surface area contributed by atoms with E-state index in [0.29, 0.717) is 5.56 Å². The van der Waals surface area contributed by atoms with Crippen LogP contribution < -0.4 is 0 Å². The van der Waals surface area contributed by atoms with Gasteiger partial charge in [0.05, 0.1) is 10.5 Å². The predicted octanol–water partition coefficient (Wildman–Crippen LogP) is 5.18. The molecule has 0 fully saturated rings. The largest absolute Gasteiger partial charge is 0.277 e. The molecule has 20 heavy (non-hydrogen) atoms. The summed E-state index contributed by atoms with van der Waals surface area (Å²) >= 11 is 3.52. The number of nitrogens with zero attached hydrogens (tertiary/aromatic N) is 1. The minimum Gasteiger partial charge on any atom is -0.258 e. The van der Waals surface area contributed by atoms with Crippen molar-refractivity contribution in [3.8, 4) is 11.1 Å². The first-order valence-corrected chi connectivity index (χ1v) is 6.88. The third kappa shape index (κ3) is 2.18. The summed E-state index contributed by atoms with van der Waals surface area (Å²) in [6.07, 6.45) is 0. The lowest BCUT2D eigenvalue weighted by Gasteiger charge is -2.06. The second-order valence-corrected chi connectivity index (χ2v) is 5.30. The highest BCUT2D eigenvalue weighted by Crippen LogP contribution is 2.33. The summed E-state index contributed by atoms with van der Waals surface area (Å²) in [6, 6.07) is 18.6. The lowest BCUT2D eigenvalue weighted by molar-refractivity contribution is -0.384. The van der Waals surface area contributed by atoms with Crippen molar-refractivity contribution >= 4 is 32.4 Å². The highest BCUT2D eigenvalue weighted by molar-refractivity contribution is 9.10. The van der Waals surface area contributed by atoms with Gasteiger partial charge in [0.1, 0.15) is 0 Å². The van der Waals surface area contributed by atoms with Gasteiger partial charge < -0.3 is 0 Å². The van der Waals surface area contributed by atoms with Crippen molar-refractivity contribution in [1.29, 1.82) is 0 Å². The van der Waals surface area contributed by atoms with E-state index in [0.717, 1.165) is 20.8 Å². The number of halogens is 1. The van der Waals surface area contributed by atoms with Gasteiger partial charge in [-0.2, -0.15) is 0 Å². The highest BCUT2D eigenvalue weighted by Gasteiger charge is 2.14. The zero-order valence-electron chi connectivity index (χ0n) is 10.4. The Hall–Kier alpha value is -2.20. The molecule has 0 aliphatic heterocycles. The molecule has 0 saturated heterocycles. The van der Waals surface area contributed by atoms with Crippen LogP contribution in [0.2, 0.25) is 0 Å². The summed E-state index contributed by atoms with van der Waals surface area (Å²) in [7, 11) is 0. The van der Waals surface area contributed by atoms with Crippen molar-refractivity contribution in [2.75, 3.05) is 0 Å². The number of nitro groups is 1. The van der Waals surface area contributed by atoms with Crippen LogP contribution in [-0.4, -0.2) is 4.92 Å². The van der Waals surface area contributed by atoms with E-state index in [-0.39, 0.29) is 10.6 Å². The van der Waals surface area contributed by atoms with Gasteiger partial charge >= 0.3 is 0 Å². The van der Waals surface area contributed by atoms with E-state index in [1.165, 1.54) is 6.07 Å². The van der Waals surface area contributed by atoms with Gasteiger partial charge in [-0.1, -0.05) is 52.3 Å². The van der Waals surface area contributed by atoms with E-state index in [1.54, 1.807) is 12.1 Å². The molecule has 98 valence electrons. The van der Waals surface area contributed by atoms with E-state index < -0.39 is 0 Å². The number of fused-ring (bicyclic) bond motifs is 1. The molecule has 0 N–H and O–H groups in total. The molecule has 0 aliphatic carbocycles. The Bertz CT molecular complexity index is 814. The minimum atomic E-state index is -0.348. The van der Waals surface area contributed by atoms with Crippen LogP contribution in [0.15, 0.2) is 65.1 Å². The summed E-state index contributed by atoms with van der Waals surface area (Å²) in [5.41, 5.74) is 1.60. The SMILES string of the molecule is O=[N+]([O-])c1ccccc1-c1ccc2cccc(Br)c2c1. The van der Waals surface area contributed by atoms with Crippen LogP contribution in [-0.2, 0) is 0 Å². The van der Waals surface area contributed by atoms with Crippen LogP contribution in [0.5, 0.6) is 0 Å². The topological polar surface area (TPSA) is 43.1 Å². The summed E-state index contributed by atoms with van der Waals surface area (Å²) in [5, 5.41) is 13.3. The van der Waals surface area contributed by atoms with Gasteiger partial charge in [0.25, 0.3) is 5.69 Å². The lowest BCUT2D eigenvalue weighted by Crippen LogP contribution is -1.91. The number of rotatable bonds is 2. The molecular weight excluding hydrogens is 318 g/mol. The van der Waals surface area contributed by atoms with Crippen molar-refractivity contribution in [3.63, 3.8) is 0 Å². The Morgan fingerprint density at radius 1 is 0.950 bits per heavy atom. The average molecular weight is 328 g/mol. The minimum absolute atomic E-state index is 0.124. The summed E-state index contributed by atoms with van der Waals surface area (Å²) in [6.45, 7) is 0. The van der Waals surface area contributed by atoms with E-state index >= 15 is 0 Å². The van der Waals surface area contributed by atoms with E-state index in [4.69, 9.17) is 0 Å². The van der Waals surface area contributed by atoms with Gasteiger partial charge in [-0.3, -0.25) is 10.1 Å². The first-order valence-electron chi connectivity index (χ1n) is 6.09. The molecule has 0 bridgehead atoms. The summed E-state index contributed by atoms with van der Waals surface area (Å²) in [4.78, 5) is 10.8. The normalized spacial score (nSPS) is 10.7. The Morgan fingerprint density at radius 3 is 2.55 bits per heavy atom. The van der Waals surface area contributed by atoms with Crippen LogP contribution in [0.1, 0.15) is 0 Å². The molecule has 0 aliphatic rings. The van der Waals surface area contributed by atoms with Gasteiger partial charge in [-0.05, 0) is 34.5 Å². The lowest BCUT2D eigenvalue weighted by atomic mass is 10.00. The Morgan fingerprint density at radius 2 is 1.75 bits per heavy atom. The number of hydrogen-bond acceptors (Lipinski definition) is 2. The predicted molar refractivity (Wildman–Crippen MR) is 83.7 cm³/mol. The number of hydrogen-bond donors (Lipinski definition) is 0. The van der Waals surface area contributed by atoms with Crippen LogP contribution in [0.25, 0.3) is 21.9 Å². The van der Waals surface area contributed by atoms with Gasteiger partial charge in [0, 0.05) is 10.5 Å².